The van der Waals surface area contributed by atoms with Crippen molar-refractivity contribution in [1.82, 2.24) is 9.55 Å². The number of halogens is 2. The summed E-state index contributed by atoms with van der Waals surface area (Å²) in [6.07, 6.45) is 1.42. The summed E-state index contributed by atoms with van der Waals surface area (Å²) in [5, 5.41) is 0.886. The molecule has 1 heterocycles. The molecule has 0 atom stereocenters. The monoisotopic (exact) mass is 454 g/mol. The van der Waals surface area contributed by atoms with Gasteiger partial charge in [-0.15, -0.1) is 0 Å². The molecule has 0 N–H and O–H groups in total. The molecular weight excluding hydrogens is 440 g/mol. The first-order chi connectivity index (χ1) is 12.2. The Kier molecular flexibility index (Phi) is 5.23. The Balaban J connectivity index is 2.18. The summed E-state index contributed by atoms with van der Waals surface area (Å²) in [6, 6.07) is 8.26. The normalized spacial score (nSPS) is 11.8. The van der Waals surface area contributed by atoms with Gasteiger partial charge in [-0.2, -0.15) is 0 Å². The van der Waals surface area contributed by atoms with Crippen molar-refractivity contribution in [2.24, 2.45) is 0 Å². The molecule has 0 bridgehead atoms. The molecule has 0 unspecified atom stereocenters. The maximum Gasteiger partial charge on any atom is 0.261 e. The highest BCUT2D eigenvalue weighted by Crippen LogP contribution is 2.24. The van der Waals surface area contributed by atoms with Crippen molar-refractivity contribution in [3.63, 3.8) is 0 Å². The number of sulfone groups is 1. The molecule has 0 saturated carbocycles. The Morgan fingerprint density at radius 3 is 2.65 bits per heavy atom. The first kappa shape index (κ1) is 19.1. The van der Waals surface area contributed by atoms with E-state index in [1.54, 1.807) is 19.1 Å². The number of aromatic nitrogens is 2. The summed E-state index contributed by atoms with van der Waals surface area (Å²) < 4.78 is 26.9. The Bertz CT molecular complexity index is 1170. The second kappa shape index (κ2) is 7.13. The Labute approximate surface area is 164 Å². The minimum atomic E-state index is -3.44. The Hall–Kier alpha value is -1.70. The number of fused-ring (bicyclic) bond motifs is 1. The predicted octanol–water partition coefficient (Wildman–Crippen LogP) is 3.96. The van der Waals surface area contributed by atoms with Crippen molar-refractivity contribution in [1.29, 1.82) is 0 Å². The summed E-state index contributed by atoms with van der Waals surface area (Å²) in [5.41, 5.74) is 1.73. The van der Waals surface area contributed by atoms with Gasteiger partial charge in [-0.25, -0.2) is 13.4 Å². The average Bonchev–Trinajstić information content (AvgIpc) is 2.57. The van der Waals surface area contributed by atoms with Gasteiger partial charge in [-0.3, -0.25) is 9.36 Å². The molecule has 0 spiro atoms. The van der Waals surface area contributed by atoms with Crippen LogP contribution in [0.5, 0.6) is 0 Å². The van der Waals surface area contributed by atoms with Crippen LogP contribution in [-0.4, -0.2) is 23.7 Å². The standard InChI is InChI=1S/C18H16BrClN2O3S/c1-3-26(24,25)16-5-4-13(20)8-12(16)9-22-10-21-17-14(18(22)23)6-11(2)7-15(17)19/h4-8,10H,3,9H2,1-2H3. The zero-order chi connectivity index (χ0) is 19.1. The van der Waals surface area contributed by atoms with E-state index in [9.17, 15) is 13.2 Å². The Morgan fingerprint density at radius 1 is 1.23 bits per heavy atom. The molecule has 8 heteroatoms. The van der Waals surface area contributed by atoms with E-state index in [0.717, 1.165) is 10.0 Å². The van der Waals surface area contributed by atoms with Crippen LogP contribution in [0.25, 0.3) is 10.9 Å². The van der Waals surface area contributed by atoms with Gasteiger partial charge in [0.1, 0.15) is 0 Å². The van der Waals surface area contributed by atoms with E-state index in [1.165, 1.54) is 23.0 Å². The van der Waals surface area contributed by atoms with Crippen LogP contribution in [0.15, 0.2) is 50.8 Å². The third-order valence-corrected chi connectivity index (χ3v) is 6.77. The lowest BCUT2D eigenvalue weighted by molar-refractivity contribution is 0.595. The molecular formula is C18H16BrClN2O3S. The topological polar surface area (TPSA) is 69.0 Å². The minimum Gasteiger partial charge on any atom is -0.294 e. The van der Waals surface area contributed by atoms with Crippen molar-refractivity contribution >= 4 is 48.3 Å². The molecule has 136 valence electrons. The summed E-state index contributed by atoms with van der Waals surface area (Å²) in [6.45, 7) is 3.55. The summed E-state index contributed by atoms with van der Waals surface area (Å²) in [4.78, 5) is 17.4. The smallest absolute Gasteiger partial charge is 0.261 e. The second-order valence-electron chi connectivity index (χ2n) is 5.98. The number of benzene rings is 2. The second-order valence-corrected chi connectivity index (χ2v) is 9.51. The number of aryl methyl sites for hydroxylation is 1. The first-order valence-electron chi connectivity index (χ1n) is 7.89. The van der Waals surface area contributed by atoms with Crippen molar-refractivity contribution < 1.29 is 8.42 Å². The average molecular weight is 456 g/mol. The molecule has 5 nitrogen and oxygen atoms in total. The van der Waals surface area contributed by atoms with Gasteiger partial charge in [-0.1, -0.05) is 18.5 Å². The SMILES string of the molecule is CCS(=O)(=O)c1ccc(Cl)cc1Cn1cnc2c(Br)cc(C)cc2c1=O. The molecule has 0 radical (unpaired) electrons. The molecule has 3 aromatic rings. The van der Waals surface area contributed by atoms with Crippen molar-refractivity contribution in [3.8, 4) is 0 Å². The quantitative estimate of drug-likeness (QED) is 0.597. The lowest BCUT2D eigenvalue weighted by atomic mass is 10.1. The third kappa shape index (κ3) is 3.56. The van der Waals surface area contributed by atoms with Gasteiger partial charge < -0.3 is 0 Å². The van der Waals surface area contributed by atoms with Gasteiger partial charge in [0.15, 0.2) is 9.84 Å². The highest BCUT2D eigenvalue weighted by molar-refractivity contribution is 9.10. The summed E-state index contributed by atoms with van der Waals surface area (Å²) in [7, 11) is -3.44. The van der Waals surface area contributed by atoms with Crippen molar-refractivity contribution in [3.05, 3.63) is 67.6 Å². The van der Waals surface area contributed by atoms with Crippen LogP contribution in [0.2, 0.25) is 5.02 Å². The van der Waals surface area contributed by atoms with Crippen LogP contribution in [0.1, 0.15) is 18.1 Å². The van der Waals surface area contributed by atoms with Gasteiger partial charge in [-0.05, 0) is 64.3 Å². The molecule has 1 aromatic heterocycles. The van der Waals surface area contributed by atoms with E-state index in [4.69, 9.17) is 11.6 Å². The fraction of sp³-hybridized carbons (Fsp3) is 0.222. The third-order valence-electron chi connectivity index (χ3n) is 4.10. The van der Waals surface area contributed by atoms with Crippen LogP contribution >= 0.6 is 27.5 Å². The molecule has 0 saturated heterocycles. The van der Waals surface area contributed by atoms with Crippen LogP contribution in [0, 0.1) is 6.92 Å². The summed E-state index contributed by atoms with van der Waals surface area (Å²) >= 11 is 9.47. The fourth-order valence-electron chi connectivity index (χ4n) is 2.79. The van der Waals surface area contributed by atoms with Gasteiger partial charge in [0.05, 0.1) is 34.4 Å². The fourth-order valence-corrected chi connectivity index (χ4v) is 4.77. The van der Waals surface area contributed by atoms with Gasteiger partial charge >= 0.3 is 0 Å². The largest absolute Gasteiger partial charge is 0.294 e. The maximum atomic E-state index is 12.9. The number of rotatable bonds is 4. The van der Waals surface area contributed by atoms with Crippen LogP contribution in [0.4, 0.5) is 0 Å². The molecule has 3 rings (SSSR count). The van der Waals surface area contributed by atoms with Gasteiger partial charge in [0.2, 0.25) is 0 Å². The molecule has 0 fully saturated rings. The maximum absolute atomic E-state index is 12.9. The highest BCUT2D eigenvalue weighted by Gasteiger charge is 2.18. The zero-order valence-electron chi connectivity index (χ0n) is 14.2. The van der Waals surface area contributed by atoms with E-state index in [2.05, 4.69) is 20.9 Å². The number of hydrogen-bond donors (Lipinski definition) is 0. The van der Waals surface area contributed by atoms with Crippen molar-refractivity contribution in [2.75, 3.05) is 5.75 Å². The molecule has 26 heavy (non-hydrogen) atoms. The number of hydrogen-bond acceptors (Lipinski definition) is 4. The number of nitrogens with zero attached hydrogens (tertiary/aromatic N) is 2. The van der Waals surface area contributed by atoms with Crippen LogP contribution in [-0.2, 0) is 16.4 Å². The van der Waals surface area contributed by atoms with Gasteiger partial charge in [0, 0.05) is 9.50 Å². The van der Waals surface area contributed by atoms with E-state index in [0.29, 0.717) is 21.5 Å². The lowest BCUT2D eigenvalue weighted by Gasteiger charge is -2.12. The van der Waals surface area contributed by atoms with E-state index in [1.807, 2.05) is 13.0 Å². The van der Waals surface area contributed by atoms with E-state index < -0.39 is 9.84 Å². The highest BCUT2D eigenvalue weighted by atomic mass is 79.9. The first-order valence-corrected chi connectivity index (χ1v) is 10.7. The molecule has 0 aliphatic rings. The van der Waals surface area contributed by atoms with Gasteiger partial charge in [0.25, 0.3) is 5.56 Å². The van der Waals surface area contributed by atoms with Crippen molar-refractivity contribution in [2.45, 2.75) is 25.3 Å². The van der Waals surface area contributed by atoms with E-state index >= 15 is 0 Å². The van der Waals surface area contributed by atoms with Crippen LogP contribution in [0.3, 0.4) is 0 Å². The molecule has 2 aromatic carbocycles. The summed E-state index contributed by atoms with van der Waals surface area (Å²) in [5.74, 6) is -0.0291. The Morgan fingerprint density at radius 2 is 1.96 bits per heavy atom. The molecule has 0 aliphatic carbocycles. The minimum absolute atomic E-state index is 0.0291. The molecule has 0 aliphatic heterocycles. The lowest BCUT2D eigenvalue weighted by Crippen LogP contribution is -2.22. The molecule has 0 amide bonds. The van der Waals surface area contributed by atoms with E-state index in [-0.39, 0.29) is 22.8 Å². The predicted molar refractivity (Wildman–Crippen MR) is 107 cm³/mol. The zero-order valence-corrected chi connectivity index (χ0v) is 17.3. The van der Waals surface area contributed by atoms with Crippen LogP contribution < -0.4 is 5.56 Å².